The maximum atomic E-state index is 11.6. The summed E-state index contributed by atoms with van der Waals surface area (Å²) in [4.78, 5) is 11.6. The SMILES string of the molecule is COCC(C)OC(=O)CC1(N)CCCCC1. The maximum absolute atomic E-state index is 11.6. The van der Waals surface area contributed by atoms with Crippen molar-refractivity contribution in [2.45, 2.75) is 57.1 Å². The van der Waals surface area contributed by atoms with Crippen LogP contribution in [-0.4, -0.2) is 31.3 Å². The standard InChI is InChI=1S/C12H23NO3/c1-10(9-15-2)16-11(14)8-12(13)6-4-3-5-7-12/h10H,3-9,13H2,1-2H3. The second-order valence-corrected chi connectivity index (χ2v) is 4.86. The Kier molecular flexibility index (Phi) is 5.22. The van der Waals surface area contributed by atoms with Crippen molar-refractivity contribution in [2.24, 2.45) is 5.73 Å². The smallest absolute Gasteiger partial charge is 0.307 e. The Labute approximate surface area is 97.5 Å². The molecule has 1 fully saturated rings. The molecule has 0 bridgehead atoms. The van der Waals surface area contributed by atoms with Gasteiger partial charge in [0.25, 0.3) is 0 Å². The Balaban J connectivity index is 2.32. The first-order chi connectivity index (χ1) is 7.56. The van der Waals surface area contributed by atoms with Gasteiger partial charge in [0.1, 0.15) is 6.10 Å². The van der Waals surface area contributed by atoms with Gasteiger partial charge in [-0.3, -0.25) is 4.79 Å². The van der Waals surface area contributed by atoms with E-state index in [9.17, 15) is 4.79 Å². The van der Waals surface area contributed by atoms with E-state index in [-0.39, 0.29) is 17.6 Å². The van der Waals surface area contributed by atoms with Gasteiger partial charge in [-0.1, -0.05) is 19.3 Å². The molecule has 0 aromatic heterocycles. The molecule has 1 rings (SSSR count). The summed E-state index contributed by atoms with van der Waals surface area (Å²) in [7, 11) is 1.59. The molecule has 0 amide bonds. The summed E-state index contributed by atoms with van der Waals surface area (Å²) in [5, 5.41) is 0. The van der Waals surface area contributed by atoms with Gasteiger partial charge < -0.3 is 15.2 Å². The van der Waals surface area contributed by atoms with Gasteiger partial charge in [0, 0.05) is 12.6 Å². The van der Waals surface area contributed by atoms with E-state index in [1.807, 2.05) is 6.92 Å². The van der Waals surface area contributed by atoms with E-state index in [4.69, 9.17) is 15.2 Å². The van der Waals surface area contributed by atoms with Crippen LogP contribution in [0.2, 0.25) is 0 Å². The molecule has 1 unspecified atom stereocenters. The first-order valence-electron chi connectivity index (χ1n) is 6.03. The number of nitrogens with two attached hydrogens (primary N) is 1. The van der Waals surface area contributed by atoms with Crippen LogP contribution in [0.1, 0.15) is 45.4 Å². The molecule has 1 aliphatic carbocycles. The molecule has 0 spiro atoms. The van der Waals surface area contributed by atoms with Crippen molar-refractivity contribution in [3.63, 3.8) is 0 Å². The summed E-state index contributed by atoms with van der Waals surface area (Å²) in [6.07, 6.45) is 5.48. The van der Waals surface area contributed by atoms with Crippen molar-refractivity contribution in [2.75, 3.05) is 13.7 Å². The van der Waals surface area contributed by atoms with Crippen molar-refractivity contribution in [1.29, 1.82) is 0 Å². The molecule has 4 nitrogen and oxygen atoms in total. The summed E-state index contributed by atoms with van der Waals surface area (Å²) >= 11 is 0. The summed E-state index contributed by atoms with van der Waals surface area (Å²) in [5.74, 6) is -0.200. The quantitative estimate of drug-likeness (QED) is 0.728. The highest BCUT2D eigenvalue weighted by Crippen LogP contribution is 2.28. The van der Waals surface area contributed by atoms with Crippen LogP contribution in [0.15, 0.2) is 0 Å². The second kappa shape index (κ2) is 6.21. The predicted octanol–water partition coefficient (Wildman–Crippen LogP) is 1.62. The van der Waals surface area contributed by atoms with Gasteiger partial charge in [-0.2, -0.15) is 0 Å². The van der Waals surface area contributed by atoms with Gasteiger partial charge in [0.15, 0.2) is 0 Å². The minimum Gasteiger partial charge on any atom is -0.460 e. The topological polar surface area (TPSA) is 61.5 Å². The lowest BCUT2D eigenvalue weighted by Gasteiger charge is -2.32. The molecule has 0 aromatic rings. The van der Waals surface area contributed by atoms with Crippen LogP contribution in [0, 0.1) is 0 Å². The van der Waals surface area contributed by atoms with E-state index in [2.05, 4.69) is 0 Å². The van der Waals surface area contributed by atoms with Crippen LogP contribution >= 0.6 is 0 Å². The highest BCUT2D eigenvalue weighted by molar-refractivity contribution is 5.71. The Morgan fingerprint density at radius 2 is 2.00 bits per heavy atom. The zero-order chi connectivity index (χ0) is 12.0. The van der Waals surface area contributed by atoms with Crippen molar-refractivity contribution in [3.8, 4) is 0 Å². The van der Waals surface area contributed by atoms with Crippen molar-refractivity contribution < 1.29 is 14.3 Å². The second-order valence-electron chi connectivity index (χ2n) is 4.86. The van der Waals surface area contributed by atoms with Gasteiger partial charge in [-0.05, 0) is 19.8 Å². The third-order valence-corrected chi connectivity index (χ3v) is 3.08. The Morgan fingerprint density at radius 1 is 1.38 bits per heavy atom. The molecule has 1 atom stereocenters. The first kappa shape index (κ1) is 13.5. The van der Waals surface area contributed by atoms with Crippen LogP contribution in [0.25, 0.3) is 0 Å². The molecule has 0 aliphatic heterocycles. The van der Waals surface area contributed by atoms with Gasteiger partial charge >= 0.3 is 5.97 Å². The van der Waals surface area contributed by atoms with Gasteiger partial charge in [-0.25, -0.2) is 0 Å². The molecule has 0 heterocycles. The maximum Gasteiger partial charge on any atom is 0.307 e. The number of hydrogen-bond acceptors (Lipinski definition) is 4. The fraction of sp³-hybridized carbons (Fsp3) is 0.917. The molecule has 4 heteroatoms. The molecular weight excluding hydrogens is 206 g/mol. The third-order valence-electron chi connectivity index (χ3n) is 3.08. The van der Waals surface area contributed by atoms with E-state index < -0.39 is 0 Å². The lowest BCUT2D eigenvalue weighted by molar-refractivity contribution is -0.152. The number of hydrogen-bond donors (Lipinski definition) is 1. The molecule has 0 saturated heterocycles. The van der Waals surface area contributed by atoms with Gasteiger partial charge in [0.05, 0.1) is 13.0 Å². The van der Waals surface area contributed by atoms with Crippen LogP contribution in [-0.2, 0) is 14.3 Å². The molecule has 16 heavy (non-hydrogen) atoms. The molecular formula is C12H23NO3. The van der Waals surface area contributed by atoms with Crippen LogP contribution < -0.4 is 5.73 Å². The van der Waals surface area contributed by atoms with Gasteiger partial charge in [-0.15, -0.1) is 0 Å². The Hall–Kier alpha value is -0.610. The average Bonchev–Trinajstić information content (AvgIpc) is 2.17. The number of rotatable bonds is 5. The fourth-order valence-electron chi connectivity index (χ4n) is 2.25. The molecule has 0 radical (unpaired) electrons. The third kappa shape index (κ3) is 4.49. The fourth-order valence-corrected chi connectivity index (χ4v) is 2.25. The number of ether oxygens (including phenoxy) is 2. The zero-order valence-electron chi connectivity index (χ0n) is 10.3. The first-order valence-corrected chi connectivity index (χ1v) is 6.03. The number of esters is 1. The van der Waals surface area contributed by atoms with Crippen LogP contribution in [0.4, 0.5) is 0 Å². The minimum atomic E-state index is -0.331. The minimum absolute atomic E-state index is 0.190. The monoisotopic (exact) mass is 229 g/mol. The van der Waals surface area contributed by atoms with Gasteiger partial charge in [0.2, 0.25) is 0 Å². The van der Waals surface area contributed by atoms with Crippen molar-refractivity contribution >= 4 is 5.97 Å². The highest BCUT2D eigenvalue weighted by atomic mass is 16.6. The summed E-state index contributed by atoms with van der Waals surface area (Å²) < 4.78 is 10.1. The van der Waals surface area contributed by atoms with E-state index in [0.717, 1.165) is 25.7 Å². The summed E-state index contributed by atoms with van der Waals surface area (Å²) in [5.41, 5.74) is 5.85. The largest absolute Gasteiger partial charge is 0.460 e. The van der Waals surface area contributed by atoms with E-state index in [1.54, 1.807) is 7.11 Å². The Morgan fingerprint density at radius 3 is 2.56 bits per heavy atom. The van der Waals surface area contributed by atoms with Crippen LogP contribution in [0.3, 0.4) is 0 Å². The van der Waals surface area contributed by atoms with E-state index >= 15 is 0 Å². The van der Waals surface area contributed by atoms with E-state index in [0.29, 0.717) is 13.0 Å². The number of methoxy groups -OCH3 is 1. The van der Waals surface area contributed by atoms with Crippen LogP contribution in [0.5, 0.6) is 0 Å². The normalized spacial score (nSPS) is 21.4. The number of carbonyl (C=O) groups excluding carboxylic acids is 1. The van der Waals surface area contributed by atoms with E-state index in [1.165, 1.54) is 6.42 Å². The predicted molar refractivity (Wildman–Crippen MR) is 62.1 cm³/mol. The Bertz CT molecular complexity index is 224. The average molecular weight is 229 g/mol. The zero-order valence-corrected chi connectivity index (χ0v) is 10.3. The molecule has 1 aliphatic rings. The molecule has 1 saturated carbocycles. The lowest BCUT2D eigenvalue weighted by atomic mass is 9.80. The van der Waals surface area contributed by atoms with Crippen molar-refractivity contribution in [1.82, 2.24) is 0 Å². The number of carbonyl (C=O) groups is 1. The molecule has 94 valence electrons. The lowest BCUT2D eigenvalue weighted by Crippen LogP contribution is -2.44. The summed E-state index contributed by atoms with van der Waals surface area (Å²) in [6.45, 7) is 2.26. The summed E-state index contributed by atoms with van der Waals surface area (Å²) in [6, 6.07) is 0. The molecule has 0 aromatic carbocycles. The molecule has 2 N–H and O–H groups in total. The van der Waals surface area contributed by atoms with Crippen molar-refractivity contribution in [3.05, 3.63) is 0 Å². The highest BCUT2D eigenvalue weighted by Gasteiger charge is 2.31.